The number of alkyl halides is 1. The van der Waals surface area contributed by atoms with Crippen molar-refractivity contribution in [2.24, 2.45) is 0 Å². The van der Waals surface area contributed by atoms with E-state index in [1.165, 1.54) is 21.9 Å². The van der Waals surface area contributed by atoms with Gasteiger partial charge in [-0.05, 0) is 23.3 Å². The number of hydrogen-bond donors (Lipinski definition) is 0. The van der Waals surface area contributed by atoms with Gasteiger partial charge in [-0.25, -0.2) is 0 Å². The number of fused-ring (bicyclic) bond motifs is 1. The second kappa shape index (κ2) is 4.50. The van der Waals surface area contributed by atoms with Crippen LogP contribution in [0, 0.1) is 0 Å². The first-order chi connectivity index (χ1) is 7.31. The van der Waals surface area contributed by atoms with Gasteiger partial charge in [-0.15, -0.1) is 11.6 Å². The van der Waals surface area contributed by atoms with Crippen LogP contribution < -0.4 is 0 Å². The van der Waals surface area contributed by atoms with Gasteiger partial charge < -0.3 is 0 Å². The summed E-state index contributed by atoms with van der Waals surface area (Å²) < 4.78 is 0. The average Bonchev–Trinajstić information content (AvgIpc) is 2.29. The highest BCUT2D eigenvalue weighted by Crippen LogP contribution is 2.20. The molecule has 0 spiro atoms. The molecule has 0 amide bonds. The molecule has 0 heterocycles. The third kappa shape index (κ3) is 2.21. The molecule has 0 nitrogen and oxygen atoms in total. The van der Waals surface area contributed by atoms with Crippen LogP contribution in [-0.4, -0.2) is 5.88 Å². The molecule has 2 aromatic rings. The van der Waals surface area contributed by atoms with Crippen LogP contribution in [0.15, 0.2) is 48.0 Å². The van der Waals surface area contributed by atoms with Crippen molar-refractivity contribution in [1.29, 1.82) is 0 Å². The Morgan fingerprint density at radius 1 is 1.13 bits per heavy atom. The van der Waals surface area contributed by atoms with Crippen LogP contribution in [0.1, 0.15) is 12.5 Å². The average molecular weight is 217 g/mol. The number of rotatable bonds is 2. The van der Waals surface area contributed by atoms with Gasteiger partial charge in [0.1, 0.15) is 0 Å². The van der Waals surface area contributed by atoms with Crippen LogP contribution in [-0.2, 0) is 0 Å². The van der Waals surface area contributed by atoms with Crippen molar-refractivity contribution in [2.75, 3.05) is 5.88 Å². The zero-order valence-corrected chi connectivity index (χ0v) is 9.46. The summed E-state index contributed by atoms with van der Waals surface area (Å²) in [4.78, 5) is 0. The van der Waals surface area contributed by atoms with Crippen molar-refractivity contribution in [3.05, 3.63) is 53.6 Å². The molecule has 0 saturated carbocycles. The molecule has 2 aromatic carbocycles. The monoisotopic (exact) mass is 216 g/mol. The van der Waals surface area contributed by atoms with Gasteiger partial charge in [0.25, 0.3) is 0 Å². The zero-order valence-electron chi connectivity index (χ0n) is 8.70. The lowest BCUT2D eigenvalue weighted by molar-refractivity contribution is 1.43. The maximum Gasteiger partial charge on any atom is 0.0434 e. The molecule has 0 bridgehead atoms. The van der Waals surface area contributed by atoms with Gasteiger partial charge in [-0.1, -0.05) is 54.1 Å². The summed E-state index contributed by atoms with van der Waals surface area (Å²) in [6, 6.07) is 14.7. The minimum atomic E-state index is 0.587. The van der Waals surface area contributed by atoms with Gasteiger partial charge in [0.15, 0.2) is 0 Å². The molecule has 76 valence electrons. The van der Waals surface area contributed by atoms with Gasteiger partial charge >= 0.3 is 0 Å². The lowest BCUT2D eigenvalue weighted by Gasteiger charge is -2.02. The second-order valence-corrected chi connectivity index (χ2v) is 3.96. The molecule has 0 aliphatic rings. The molecular weight excluding hydrogens is 204 g/mol. The summed E-state index contributed by atoms with van der Waals surface area (Å²) in [5.74, 6) is 0.587. The highest BCUT2D eigenvalue weighted by Gasteiger charge is 1.97. The van der Waals surface area contributed by atoms with Crippen LogP contribution in [0.5, 0.6) is 0 Å². The zero-order chi connectivity index (χ0) is 10.7. The summed E-state index contributed by atoms with van der Waals surface area (Å²) in [6.45, 7) is 2.05. The van der Waals surface area contributed by atoms with E-state index < -0.39 is 0 Å². The SMILES string of the molecule is CC(=Cc1cccc2ccccc12)CCl. The van der Waals surface area contributed by atoms with Gasteiger partial charge in [0, 0.05) is 5.88 Å². The quantitative estimate of drug-likeness (QED) is 0.650. The molecule has 0 aliphatic heterocycles. The number of halogens is 1. The molecule has 0 atom stereocenters. The molecule has 0 aromatic heterocycles. The van der Waals surface area contributed by atoms with Gasteiger partial charge in [-0.3, -0.25) is 0 Å². The van der Waals surface area contributed by atoms with Gasteiger partial charge in [0.05, 0.1) is 0 Å². The van der Waals surface area contributed by atoms with Crippen molar-refractivity contribution < 1.29 is 0 Å². The Hall–Kier alpha value is -1.27. The molecule has 0 N–H and O–H groups in total. The molecule has 0 radical (unpaired) electrons. The molecule has 2 rings (SSSR count). The van der Waals surface area contributed by atoms with Gasteiger partial charge in [-0.2, -0.15) is 0 Å². The Morgan fingerprint density at radius 3 is 2.67 bits per heavy atom. The first kappa shape index (κ1) is 10.3. The molecule has 0 aliphatic carbocycles. The van der Waals surface area contributed by atoms with E-state index in [1.807, 2.05) is 0 Å². The van der Waals surface area contributed by atoms with Crippen LogP contribution in [0.25, 0.3) is 16.8 Å². The van der Waals surface area contributed by atoms with Crippen molar-refractivity contribution in [2.45, 2.75) is 6.92 Å². The highest BCUT2D eigenvalue weighted by atomic mass is 35.5. The maximum atomic E-state index is 5.78. The standard InChI is InChI=1S/C14H13Cl/c1-11(10-15)9-13-7-4-6-12-5-2-3-8-14(12)13/h2-9H,10H2,1H3. The fourth-order valence-corrected chi connectivity index (χ4v) is 1.76. The van der Waals surface area contributed by atoms with E-state index in [-0.39, 0.29) is 0 Å². The Labute approximate surface area is 95.2 Å². The fourth-order valence-electron chi connectivity index (χ4n) is 1.68. The van der Waals surface area contributed by atoms with E-state index in [0.717, 1.165) is 0 Å². The molecular formula is C14H13Cl. The minimum Gasteiger partial charge on any atom is -0.122 e. The Bertz CT molecular complexity index is 492. The van der Waals surface area contributed by atoms with E-state index in [9.17, 15) is 0 Å². The van der Waals surface area contributed by atoms with Crippen molar-refractivity contribution >= 4 is 28.4 Å². The summed E-state index contributed by atoms with van der Waals surface area (Å²) in [6.07, 6.45) is 2.15. The normalized spacial score (nSPS) is 12.0. The fraction of sp³-hybridized carbons (Fsp3) is 0.143. The largest absolute Gasteiger partial charge is 0.122 e. The Morgan fingerprint density at radius 2 is 1.87 bits per heavy atom. The summed E-state index contributed by atoms with van der Waals surface area (Å²) in [5.41, 5.74) is 2.43. The number of allylic oxidation sites excluding steroid dienone is 1. The summed E-state index contributed by atoms with van der Waals surface area (Å²) >= 11 is 5.78. The minimum absolute atomic E-state index is 0.587. The van der Waals surface area contributed by atoms with Crippen LogP contribution in [0.4, 0.5) is 0 Å². The molecule has 0 fully saturated rings. The van der Waals surface area contributed by atoms with E-state index in [2.05, 4.69) is 55.5 Å². The van der Waals surface area contributed by atoms with Crippen LogP contribution in [0.2, 0.25) is 0 Å². The molecule has 15 heavy (non-hydrogen) atoms. The lowest BCUT2D eigenvalue weighted by Crippen LogP contribution is -1.81. The van der Waals surface area contributed by atoms with E-state index in [0.29, 0.717) is 5.88 Å². The second-order valence-electron chi connectivity index (χ2n) is 3.69. The predicted molar refractivity (Wildman–Crippen MR) is 68.3 cm³/mol. The van der Waals surface area contributed by atoms with Crippen molar-refractivity contribution in [3.8, 4) is 0 Å². The Balaban J connectivity index is 2.61. The van der Waals surface area contributed by atoms with E-state index >= 15 is 0 Å². The van der Waals surface area contributed by atoms with E-state index in [1.54, 1.807) is 0 Å². The topological polar surface area (TPSA) is 0 Å². The molecule has 1 heteroatoms. The molecule has 0 saturated heterocycles. The van der Waals surface area contributed by atoms with Crippen LogP contribution in [0.3, 0.4) is 0 Å². The maximum absolute atomic E-state index is 5.78. The Kier molecular flexibility index (Phi) is 3.08. The third-order valence-electron chi connectivity index (χ3n) is 2.44. The first-order valence-electron chi connectivity index (χ1n) is 5.02. The summed E-state index contributed by atoms with van der Waals surface area (Å²) in [7, 11) is 0. The van der Waals surface area contributed by atoms with Crippen LogP contribution >= 0.6 is 11.6 Å². The van der Waals surface area contributed by atoms with Crippen molar-refractivity contribution in [3.63, 3.8) is 0 Å². The van der Waals surface area contributed by atoms with E-state index in [4.69, 9.17) is 11.6 Å². The third-order valence-corrected chi connectivity index (χ3v) is 2.86. The highest BCUT2D eigenvalue weighted by molar-refractivity contribution is 6.19. The first-order valence-corrected chi connectivity index (χ1v) is 5.55. The van der Waals surface area contributed by atoms with Gasteiger partial charge in [0.2, 0.25) is 0 Å². The van der Waals surface area contributed by atoms with Crippen molar-refractivity contribution in [1.82, 2.24) is 0 Å². The number of benzene rings is 2. The smallest absolute Gasteiger partial charge is 0.0434 e. The lowest BCUT2D eigenvalue weighted by atomic mass is 10.0. The predicted octanol–water partition coefficient (Wildman–Crippen LogP) is 4.48. The number of hydrogen-bond acceptors (Lipinski definition) is 0. The molecule has 0 unspecified atom stereocenters. The summed E-state index contributed by atoms with van der Waals surface area (Å²) in [5, 5.41) is 2.55.